The Morgan fingerprint density at radius 2 is 1.75 bits per heavy atom. The van der Waals surface area contributed by atoms with Crippen LogP contribution in [-0.2, 0) is 0 Å². The van der Waals surface area contributed by atoms with E-state index in [-0.39, 0.29) is 17.5 Å². The van der Waals surface area contributed by atoms with E-state index in [4.69, 9.17) is 9.47 Å². The van der Waals surface area contributed by atoms with Gasteiger partial charge in [0.25, 0.3) is 17.7 Å². The van der Waals surface area contributed by atoms with Crippen LogP contribution in [0.3, 0.4) is 0 Å². The Kier molecular flexibility index (Phi) is 8.20. The first kappa shape index (κ1) is 27.1. The number of carbonyl (C=O) groups is 3. The Hall–Kier alpha value is -4.51. The van der Waals surface area contributed by atoms with Crippen molar-refractivity contribution in [1.82, 2.24) is 25.7 Å². The first-order chi connectivity index (χ1) is 19.5. The van der Waals surface area contributed by atoms with Crippen molar-refractivity contribution in [3.8, 4) is 11.5 Å². The fraction of sp³-hybridized carbons (Fsp3) is 0.276. The summed E-state index contributed by atoms with van der Waals surface area (Å²) in [7, 11) is 1.58. The highest BCUT2D eigenvalue weighted by molar-refractivity contribution is 7.09. The van der Waals surface area contributed by atoms with Gasteiger partial charge in [-0.2, -0.15) is 0 Å². The van der Waals surface area contributed by atoms with Crippen molar-refractivity contribution >= 4 is 40.0 Å². The number of aromatic nitrogens is 2. The predicted molar refractivity (Wildman–Crippen MR) is 151 cm³/mol. The van der Waals surface area contributed by atoms with Gasteiger partial charge in [-0.05, 0) is 50.1 Å². The number of amides is 3. The molecule has 5 rings (SSSR count). The van der Waals surface area contributed by atoms with Crippen LogP contribution < -0.4 is 20.3 Å². The molecule has 2 N–H and O–H groups in total. The number of hydrazine groups is 1. The third-order valence-corrected chi connectivity index (χ3v) is 7.71. The monoisotopic (exact) mass is 559 g/mol. The number of likely N-dealkylation sites (tertiary alicyclic amines) is 1. The highest BCUT2D eigenvalue weighted by Crippen LogP contribution is 2.32. The molecule has 3 amide bonds. The molecule has 3 heterocycles. The quantitative estimate of drug-likeness (QED) is 0.326. The third-order valence-electron chi connectivity index (χ3n) is 6.70. The van der Waals surface area contributed by atoms with Crippen LogP contribution in [0.15, 0.2) is 60.0 Å². The van der Waals surface area contributed by atoms with Gasteiger partial charge < -0.3 is 14.4 Å². The third kappa shape index (κ3) is 5.89. The van der Waals surface area contributed by atoms with E-state index in [0.717, 1.165) is 23.2 Å². The number of para-hydroxylation sites is 1. The van der Waals surface area contributed by atoms with Gasteiger partial charge in [0.1, 0.15) is 22.9 Å². The molecule has 0 radical (unpaired) electrons. The molecule has 1 saturated heterocycles. The number of thiazole rings is 1. The van der Waals surface area contributed by atoms with Gasteiger partial charge in [-0.15, -0.1) is 11.3 Å². The van der Waals surface area contributed by atoms with Crippen LogP contribution in [0.25, 0.3) is 10.9 Å². The Morgan fingerprint density at radius 3 is 2.52 bits per heavy atom. The Balaban J connectivity index is 1.16. The number of benzene rings is 2. The zero-order chi connectivity index (χ0) is 28.1. The summed E-state index contributed by atoms with van der Waals surface area (Å²) in [5.74, 6) is 0.232. The number of pyridine rings is 1. The van der Waals surface area contributed by atoms with E-state index in [9.17, 15) is 14.4 Å². The normalized spacial score (nSPS) is 13.6. The van der Waals surface area contributed by atoms with Crippen molar-refractivity contribution in [2.45, 2.75) is 25.7 Å². The molecule has 0 bridgehead atoms. The van der Waals surface area contributed by atoms with E-state index in [1.165, 1.54) is 11.3 Å². The van der Waals surface area contributed by atoms with E-state index in [1.807, 2.05) is 31.2 Å². The zero-order valence-corrected chi connectivity index (χ0v) is 23.0. The number of carbonyl (C=O) groups excluding carboxylic acids is 3. The Morgan fingerprint density at radius 1 is 0.975 bits per heavy atom. The molecule has 2 aromatic carbocycles. The second-order valence-electron chi connectivity index (χ2n) is 9.23. The Bertz CT molecular complexity index is 1550. The summed E-state index contributed by atoms with van der Waals surface area (Å²) in [6.45, 7) is 3.45. The first-order valence-electron chi connectivity index (χ1n) is 13.0. The molecule has 206 valence electrons. The maximum atomic E-state index is 13.2. The summed E-state index contributed by atoms with van der Waals surface area (Å²) in [6, 6.07) is 16.0. The molecular formula is C29H29N5O5S. The first-order valence-corrected chi connectivity index (χ1v) is 13.9. The summed E-state index contributed by atoms with van der Waals surface area (Å²) in [5.41, 5.74) is 6.50. The van der Waals surface area contributed by atoms with Crippen molar-refractivity contribution in [3.63, 3.8) is 0 Å². The molecule has 40 heavy (non-hydrogen) atoms. The summed E-state index contributed by atoms with van der Waals surface area (Å²) < 4.78 is 10.9. The summed E-state index contributed by atoms with van der Waals surface area (Å²) in [6.07, 6.45) is 1.44. The van der Waals surface area contributed by atoms with Crippen LogP contribution in [0.4, 0.5) is 0 Å². The van der Waals surface area contributed by atoms with Crippen molar-refractivity contribution < 1.29 is 23.9 Å². The minimum absolute atomic E-state index is 0.130. The maximum absolute atomic E-state index is 13.2. The average molecular weight is 560 g/mol. The zero-order valence-electron chi connectivity index (χ0n) is 22.2. The molecule has 4 aromatic rings. The molecule has 0 spiro atoms. The van der Waals surface area contributed by atoms with Crippen molar-refractivity contribution in [3.05, 3.63) is 81.9 Å². The molecule has 0 unspecified atom stereocenters. The molecule has 1 aliphatic rings. The van der Waals surface area contributed by atoms with Crippen molar-refractivity contribution in [1.29, 1.82) is 0 Å². The van der Waals surface area contributed by atoms with Gasteiger partial charge in [0.15, 0.2) is 0 Å². The summed E-state index contributed by atoms with van der Waals surface area (Å²) in [5, 5.41) is 3.37. The molecule has 2 aromatic heterocycles. The van der Waals surface area contributed by atoms with E-state index in [2.05, 4.69) is 20.8 Å². The van der Waals surface area contributed by atoms with E-state index in [1.54, 1.807) is 47.7 Å². The lowest BCUT2D eigenvalue weighted by Gasteiger charge is -2.31. The predicted octanol–water partition coefficient (Wildman–Crippen LogP) is 4.19. The molecule has 0 atom stereocenters. The van der Waals surface area contributed by atoms with Crippen LogP contribution in [0.1, 0.15) is 62.0 Å². The fourth-order valence-corrected chi connectivity index (χ4v) is 5.61. The summed E-state index contributed by atoms with van der Waals surface area (Å²) in [4.78, 5) is 49.1. The van der Waals surface area contributed by atoms with Gasteiger partial charge in [0.2, 0.25) is 0 Å². The maximum Gasteiger partial charge on any atom is 0.289 e. The minimum atomic E-state index is -0.499. The van der Waals surface area contributed by atoms with E-state index in [0.29, 0.717) is 48.0 Å². The van der Waals surface area contributed by atoms with Crippen LogP contribution in [0, 0.1) is 0 Å². The molecule has 11 heteroatoms. The topological polar surface area (TPSA) is 123 Å². The fourth-order valence-electron chi connectivity index (χ4n) is 4.64. The second-order valence-corrected chi connectivity index (χ2v) is 10.1. The van der Waals surface area contributed by atoms with Gasteiger partial charge in [-0.3, -0.25) is 25.2 Å². The van der Waals surface area contributed by atoms with Crippen molar-refractivity contribution in [2.24, 2.45) is 0 Å². The molecule has 0 aliphatic carbocycles. The van der Waals surface area contributed by atoms with Gasteiger partial charge in [0.05, 0.1) is 24.2 Å². The number of methoxy groups -OCH3 is 1. The smallest absolute Gasteiger partial charge is 0.289 e. The number of ether oxygens (including phenoxy) is 2. The SMILES string of the molecule is CCOc1cccc(C(=O)NNC(=O)c2csc(C3CCN(C(=O)c4cc(OC)c5ccccc5n4)CC3)n2)c1. The minimum Gasteiger partial charge on any atom is -0.496 e. The lowest BCUT2D eigenvalue weighted by atomic mass is 9.97. The Labute approximate surface area is 235 Å². The molecule has 10 nitrogen and oxygen atoms in total. The highest BCUT2D eigenvalue weighted by atomic mass is 32.1. The number of nitrogens with zero attached hydrogens (tertiary/aromatic N) is 3. The number of piperidine rings is 1. The van der Waals surface area contributed by atoms with Crippen LogP contribution >= 0.6 is 11.3 Å². The van der Waals surface area contributed by atoms with Crippen molar-refractivity contribution in [2.75, 3.05) is 26.8 Å². The van der Waals surface area contributed by atoms with Gasteiger partial charge in [0, 0.05) is 41.4 Å². The van der Waals surface area contributed by atoms with Crippen LogP contribution in [-0.4, -0.2) is 59.4 Å². The van der Waals surface area contributed by atoms with Gasteiger partial charge in [-0.1, -0.05) is 18.2 Å². The lowest BCUT2D eigenvalue weighted by molar-refractivity contribution is 0.0706. The summed E-state index contributed by atoms with van der Waals surface area (Å²) >= 11 is 1.40. The molecule has 0 saturated carbocycles. The van der Waals surface area contributed by atoms with Gasteiger partial charge in [-0.25, -0.2) is 9.97 Å². The standard InChI is InChI=1S/C29H29N5O5S/c1-3-39-20-8-6-7-19(15-20)26(35)32-33-27(36)24-17-40-28(31-24)18-11-13-34(14-12-18)29(37)23-16-25(38-2)21-9-4-5-10-22(21)30-23/h4-10,15-18H,3,11-14H2,1-2H3,(H,32,35)(H,33,36). The second kappa shape index (κ2) is 12.1. The number of nitrogens with one attached hydrogen (secondary N) is 2. The molecule has 1 fully saturated rings. The van der Waals surface area contributed by atoms with Gasteiger partial charge >= 0.3 is 0 Å². The highest BCUT2D eigenvalue weighted by Gasteiger charge is 2.28. The molecular weight excluding hydrogens is 530 g/mol. The molecule has 1 aliphatic heterocycles. The van der Waals surface area contributed by atoms with Crippen LogP contribution in [0.2, 0.25) is 0 Å². The number of rotatable bonds is 7. The number of fused-ring (bicyclic) bond motifs is 1. The lowest BCUT2D eigenvalue weighted by Crippen LogP contribution is -2.41. The number of hydrogen-bond acceptors (Lipinski definition) is 8. The number of hydrogen-bond donors (Lipinski definition) is 2. The van der Waals surface area contributed by atoms with Crippen LogP contribution in [0.5, 0.6) is 11.5 Å². The van der Waals surface area contributed by atoms with E-state index < -0.39 is 11.8 Å². The van der Waals surface area contributed by atoms with E-state index >= 15 is 0 Å². The average Bonchev–Trinajstić information content (AvgIpc) is 3.50. The largest absolute Gasteiger partial charge is 0.496 e.